The summed E-state index contributed by atoms with van der Waals surface area (Å²) in [5.41, 5.74) is 11.9. The molecule has 1 aromatic carbocycles. The molecule has 3 aromatic rings. The fourth-order valence-electron chi connectivity index (χ4n) is 3.64. The molecule has 0 amide bonds. The van der Waals surface area contributed by atoms with Gasteiger partial charge in [-0.1, -0.05) is 6.07 Å². The maximum Gasteiger partial charge on any atom is 0.316 e. The second kappa shape index (κ2) is 8.50. The lowest BCUT2D eigenvalue weighted by molar-refractivity contribution is 0.275. The smallest absolute Gasteiger partial charge is 0.316 e. The molecule has 1 aliphatic heterocycles. The van der Waals surface area contributed by atoms with Crippen molar-refractivity contribution in [3.8, 4) is 6.01 Å². The molecule has 30 heavy (non-hydrogen) atoms. The summed E-state index contributed by atoms with van der Waals surface area (Å²) in [4.78, 5) is 19.4. The van der Waals surface area contributed by atoms with Crippen molar-refractivity contribution >= 4 is 17.2 Å². The van der Waals surface area contributed by atoms with Crippen LogP contribution in [0.2, 0.25) is 0 Å². The third-order valence-corrected chi connectivity index (χ3v) is 5.25. The van der Waals surface area contributed by atoms with E-state index in [4.69, 9.17) is 10.5 Å². The Kier molecular flexibility index (Phi) is 5.62. The number of rotatable bonds is 6. The van der Waals surface area contributed by atoms with Gasteiger partial charge in [-0.15, -0.1) is 0 Å². The van der Waals surface area contributed by atoms with Crippen molar-refractivity contribution in [1.29, 1.82) is 0 Å². The number of nitrogens with one attached hydrogen (secondary N) is 1. The topological polar surface area (TPSA) is 122 Å². The molecule has 4 N–H and O–H groups in total. The molecule has 2 aromatic heterocycles. The van der Waals surface area contributed by atoms with Gasteiger partial charge in [0.15, 0.2) is 0 Å². The lowest BCUT2D eigenvalue weighted by atomic mass is 10.0. The highest BCUT2D eigenvalue weighted by Crippen LogP contribution is 2.32. The molecule has 0 aliphatic carbocycles. The van der Waals surface area contributed by atoms with Crippen LogP contribution in [0.25, 0.3) is 0 Å². The predicted molar refractivity (Wildman–Crippen MR) is 114 cm³/mol. The number of fused-ring (bicyclic) bond motifs is 1. The molecule has 3 heterocycles. The molecule has 1 aliphatic rings. The SMILES string of the molecule is COc1ncc([C@@H](CO)Nc2ncnc3c2CN(c2ccc(C)cc2N)CC3)cn1. The van der Waals surface area contributed by atoms with E-state index in [-0.39, 0.29) is 12.6 Å². The van der Waals surface area contributed by atoms with Crippen LogP contribution in [0.5, 0.6) is 6.01 Å². The van der Waals surface area contributed by atoms with Crippen molar-refractivity contribution < 1.29 is 9.84 Å². The second-order valence-electron chi connectivity index (χ2n) is 7.26. The largest absolute Gasteiger partial charge is 0.467 e. The van der Waals surface area contributed by atoms with Crippen LogP contribution in [0.15, 0.2) is 36.9 Å². The molecule has 0 bridgehead atoms. The van der Waals surface area contributed by atoms with Crippen LogP contribution >= 0.6 is 0 Å². The normalized spacial score (nSPS) is 14.2. The number of methoxy groups -OCH3 is 1. The van der Waals surface area contributed by atoms with Crippen molar-refractivity contribution in [2.45, 2.75) is 25.9 Å². The molecule has 156 valence electrons. The van der Waals surface area contributed by atoms with E-state index < -0.39 is 6.04 Å². The molecular formula is C21H25N7O2. The summed E-state index contributed by atoms with van der Waals surface area (Å²) in [7, 11) is 1.51. The number of benzene rings is 1. The van der Waals surface area contributed by atoms with Crippen LogP contribution in [0.1, 0.15) is 28.4 Å². The average molecular weight is 407 g/mol. The van der Waals surface area contributed by atoms with Crippen LogP contribution in [-0.4, -0.2) is 45.3 Å². The molecule has 1 atom stereocenters. The minimum atomic E-state index is -0.408. The number of aliphatic hydroxyl groups excluding tert-OH is 1. The van der Waals surface area contributed by atoms with E-state index in [1.807, 2.05) is 13.0 Å². The zero-order chi connectivity index (χ0) is 21.1. The maximum atomic E-state index is 9.94. The third-order valence-electron chi connectivity index (χ3n) is 5.25. The number of hydrogen-bond donors (Lipinski definition) is 3. The first-order chi connectivity index (χ1) is 14.6. The zero-order valence-corrected chi connectivity index (χ0v) is 17.0. The van der Waals surface area contributed by atoms with Crippen LogP contribution in [0.4, 0.5) is 17.2 Å². The lowest BCUT2D eigenvalue weighted by Gasteiger charge is -2.32. The molecule has 9 heteroatoms. The Bertz CT molecular complexity index is 1030. The number of aryl methyl sites for hydroxylation is 1. The minimum absolute atomic E-state index is 0.136. The number of ether oxygens (including phenoxy) is 1. The van der Waals surface area contributed by atoms with Crippen LogP contribution in [-0.2, 0) is 13.0 Å². The molecule has 9 nitrogen and oxygen atoms in total. The first-order valence-corrected chi connectivity index (χ1v) is 9.76. The van der Waals surface area contributed by atoms with Crippen LogP contribution in [0.3, 0.4) is 0 Å². The minimum Gasteiger partial charge on any atom is -0.467 e. The van der Waals surface area contributed by atoms with Gasteiger partial charge in [-0.2, -0.15) is 0 Å². The Morgan fingerprint density at radius 2 is 2.03 bits per heavy atom. The van der Waals surface area contributed by atoms with Gasteiger partial charge in [0, 0.05) is 43.0 Å². The van der Waals surface area contributed by atoms with E-state index in [9.17, 15) is 5.11 Å². The van der Waals surface area contributed by atoms with Crippen LogP contribution < -0.4 is 20.7 Å². The van der Waals surface area contributed by atoms with Gasteiger partial charge in [-0.3, -0.25) is 0 Å². The Balaban J connectivity index is 1.60. The summed E-state index contributed by atoms with van der Waals surface area (Å²) < 4.78 is 5.00. The van der Waals surface area contributed by atoms with E-state index >= 15 is 0 Å². The molecular weight excluding hydrogens is 382 g/mol. The summed E-state index contributed by atoms with van der Waals surface area (Å²) in [6.07, 6.45) is 5.60. The zero-order valence-electron chi connectivity index (χ0n) is 17.0. The monoisotopic (exact) mass is 407 g/mol. The Hall–Kier alpha value is -3.46. The number of anilines is 3. The van der Waals surface area contributed by atoms with Crippen LogP contribution in [0, 0.1) is 6.92 Å². The number of aliphatic hydroxyl groups is 1. The van der Waals surface area contributed by atoms with Crippen molar-refractivity contribution in [2.24, 2.45) is 0 Å². The molecule has 4 rings (SSSR count). The van der Waals surface area contributed by atoms with Crippen molar-refractivity contribution in [1.82, 2.24) is 19.9 Å². The van der Waals surface area contributed by atoms with Crippen molar-refractivity contribution in [3.63, 3.8) is 0 Å². The number of hydrogen-bond acceptors (Lipinski definition) is 9. The van der Waals surface area contributed by atoms with Gasteiger partial charge >= 0.3 is 6.01 Å². The molecule has 0 fully saturated rings. The molecule has 0 spiro atoms. The van der Waals surface area contributed by atoms with Crippen molar-refractivity contribution in [3.05, 3.63) is 59.3 Å². The Morgan fingerprint density at radius 1 is 1.23 bits per heavy atom. The Labute approximate surface area is 175 Å². The average Bonchev–Trinajstić information content (AvgIpc) is 2.77. The lowest BCUT2D eigenvalue weighted by Crippen LogP contribution is -2.33. The number of nitrogens with zero attached hydrogens (tertiary/aromatic N) is 5. The molecule has 0 saturated carbocycles. The highest BCUT2D eigenvalue weighted by Gasteiger charge is 2.24. The van der Waals surface area contributed by atoms with Gasteiger partial charge < -0.3 is 25.8 Å². The van der Waals surface area contributed by atoms with E-state index in [2.05, 4.69) is 42.3 Å². The van der Waals surface area contributed by atoms with Gasteiger partial charge in [-0.05, 0) is 24.6 Å². The number of aromatic nitrogens is 4. The summed E-state index contributed by atoms with van der Waals surface area (Å²) in [5, 5.41) is 13.3. The van der Waals surface area contributed by atoms with E-state index in [1.54, 1.807) is 18.7 Å². The summed E-state index contributed by atoms with van der Waals surface area (Å²) in [6, 6.07) is 5.97. The van der Waals surface area contributed by atoms with Gasteiger partial charge in [0.2, 0.25) is 0 Å². The number of nitrogens with two attached hydrogens (primary N) is 1. The summed E-state index contributed by atoms with van der Waals surface area (Å²) in [5.74, 6) is 0.685. The van der Waals surface area contributed by atoms with E-state index in [1.165, 1.54) is 7.11 Å². The quantitative estimate of drug-likeness (QED) is 0.526. The standard InChI is InChI=1S/C21H25N7O2/c1-13-3-4-19(16(22)7-13)28-6-5-17-15(10-28)20(26-12-25-17)27-18(11-29)14-8-23-21(30-2)24-9-14/h3-4,7-9,12,18,29H,5-6,10-11,22H2,1-2H3,(H,25,26,27)/t18-/m1/s1. The van der Waals surface area contributed by atoms with Gasteiger partial charge in [-0.25, -0.2) is 19.9 Å². The molecule has 0 radical (unpaired) electrons. The fraction of sp³-hybridized carbons (Fsp3) is 0.333. The fourth-order valence-corrected chi connectivity index (χ4v) is 3.64. The maximum absolute atomic E-state index is 9.94. The van der Waals surface area contributed by atoms with E-state index in [0.29, 0.717) is 12.4 Å². The first-order valence-electron chi connectivity index (χ1n) is 9.76. The summed E-state index contributed by atoms with van der Waals surface area (Å²) in [6.45, 7) is 3.35. The van der Waals surface area contributed by atoms with Gasteiger partial charge in [0.25, 0.3) is 0 Å². The third kappa shape index (κ3) is 3.97. The molecule has 0 saturated heterocycles. The van der Waals surface area contributed by atoms with E-state index in [0.717, 1.165) is 46.7 Å². The summed E-state index contributed by atoms with van der Waals surface area (Å²) >= 11 is 0. The molecule has 0 unspecified atom stereocenters. The Morgan fingerprint density at radius 3 is 2.73 bits per heavy atom. The first kappa shape index (κ1) is 19.8. The highest BCUT2D eigenvalue weighted by atomic mass is 16.5. The van der Waals surface area contributed by atoms with Gasteiger partial charge in [0.1, 0.15) is 12.1 Å². The number of nitrogen functional groups attached to an aromatic ring is 1. The second-order valence-corrected chi connectivity index (χ2v) is 7.26. The predicted octanol–water partition coefficient (Wildman–Crippen LogP) is 1.87. The van der Waals surface area contributed by atoms with Crippen molar-refractivity contribution in [2.75, 3.05) is 36.2 Å². The highest BCUT2D eigenvalue weighted by molar-refractivity contribution is 5.69. The van der Waals surface area contributed by atoms with Gasteiger partial charge in [0.05, 0.1) is 36.8 Å².